The average Bonchev–Trinajstić information content (AvgIpc) is 2.64. The van der Waals surface area contributed by atoms with E-state index in [1.54, 1.807) is 43.3 Å². The summed E-state index contributed by atoms with van der Waals surface area (Å²) in [5.74, 6) is -1.18. The summed E-state index contributed by atoms with van der Waals surface area (Å²) >= 11 is 6.11. The van der Waals surface area contributed by atoms with Crippen molar-refractivity contribution in [2.75, 3.05) is 11.4 Å². The fraction of sp³-hybridized carbons (Fsp3) is 0.263. The van der Waals surface area contributed by atoms with Gasteiger partial charge in [-0.3, -0.25) is 9.59 Å². The Morgan fingerprint density at radius 1 is 1.31 bits per heavy atom. The summed E-state index contributed by atoms with van der Waals surface area (Å²) in [6.07, 6.45) is 0.671. The second kappa shape index (κ2) is 8.45. The van der Waals surface area contributed by atoms with Gasteiger partial charge in [-0.15, -0.1) is 11.6 Å². The first kappa shape index (κ1) is 19.4. The summed E-state index contributed by atoms with van der Waals surface area (Å²) in [6.45, 7) is 4.02. The molecule has 1 atom stereocenters. The standard InChI is InChI=1S/C19H19ClN4O2/c1-3-10-24(16-7-5-4-6-13(16)15(20)11-21)19(26)14-9-8-12(2)23-17(14)18(22)25/h4-9,15H,3,10H2,1-2H3,(H2,22,25). The van der Waals surface area contributed by atoms with Crippen LogP contribution >= 0.6 is 11.6 Å². The van der Waals surface area contributed by atoms with Gasteiger partial charge in [0.15, 0.2) is 0 Å². The van der Waals surface area contributed by atoms with E-state index in [1.165, 1.54) is 4.90 Å². The molecule has 134 valence electrons. The van der Waals surface area contributed by atoms with E-state index >= 15 is 0 Å². The molecule has 0 aliphatic carbocycles. The van der Waals surface area contributed by atoms with Gasteiger partial charge in [-0.1, -0.05) is 25.1 Å². The zero-order valence-corrected chi connectivity index (χ0v) is 15.3. The molecule has 2 amide bonds. The average molecular weight is 371 g/mol. The van der Waals surface area contributed by atoms with E-state index in [0.29, 0.717) is 29.9 Å². The van der Waals surface area contributed by atoms with Crippen molar-refractivity contribution in [1.82, 2.24) is 4.98 Å². The van der Waals surface area contributed by atoms with Crippen LogP contribution in [0, 0.1) is 18.3 Å². The second-order valence-electron chi connectivity index (χ2n) is 5.72. The third-order valence-electron chi connectivity index (χ3n) is 3.80. The Bertz CT molecular complexity index is 876. The third kappa shape index (κ3) is 4.01. The van der Waals surface area contributed by atoms with Crippen molar-refractivity contribution >= 4 is 29.1 Å². The highest BCUT2D eigenvalue weighted by molar-refractivity contribution is 6.23. The van der Waals surface area contributed by atoms with Crippen LogP contribution in [0.15, 0.2) is 36.4 Å². The molecule has 0 saturated carbocycles. The van der Waals surface area contributed by atoms with Crippen LogP contribution in [0.25, 0.3) is 0 Å². The normalized spacial score (nSPS) is 11.5. The summed E-state index contributed by atoms with van der Waals surface area (Å²) in [5.41, 5.74) is 7.08. The van der Waals surface area contributed by atoms with E-state index in [9.17, 15) is 14.9 Å². The Labute approximate surface area is 157 Å². The van der Waals surface area contributed by atoms with Crippen molar-refractivity contribution in [2.45, 2.75) is 25.6 Å². The summed E-state index contributed by atoms with van der Waals surface area (Å²) < 4.78 is 0. The first-order chi connectivity index (χ1) is 12.4. The molecule has 2 aromatic rings. The maximum Gasteiger partial charge on any atom is 0.268 e. The van der Waals surface area contributed by atoms with E-state index < -0.39 is 17.2 Å². The van der Waals surface area contributed by atoms with E-state index in [1.807, 2.05) is 13.0 Å². The molecule has 0 fully saturated rings. The van der Waals surface area contributed by atoms with Gasteiger partial charge in [0.25, 0.3) is 11.8 Å². The van der Waals surface area contributed by atoms with Crippen LogP contribution in [0.5, 0.6) is 0 Å². The lowest BCUT2D eigenvalue weighted by molar-refractivity contribution is 0.0956. The molecule has 0 bridgehead atoms. The summed E-state index contributed by atoms with van der Waals surface area (Å²) in [6, 6.07) is 12.1. The van der Waals surface area contributed by atoms with Crippen molar-refractivity contribution in [3.05, 3.63) is 58.9 Å². The molecule has 7 heteroatoms. The number of pyridine rings is 1. The number of nitrogens with zero attached hydrogens (tertiary/aromatic N) is 3. The van der Waals surface area contributed by atoms with Crippen LogP contribution in [0.2, 0.25) is 0 Å². The number of carbonyl (C=O) groups excluding carboxylic acids is 2. The molecular weight excluding hydrogens is 352 g/mol. The molecule has 0 aliphatic heterocycles. The SMILES string of the molecule is CCCN(C(=O)c1ccc(C)nc1C(N)=O)c1ccccc1C(Cl)C#N. The molecule has 1 aromatic carbocycles. The third-order valence-corrected chi connectivity index (χ3v) is 4.14. The molecule has 26 heavy (non-hydrogen) atoms. The first-order valence-electron chi connectivity index (χ1n) is 8.12. The van der Waals surface area contributed by atoms with Gasteiger partial charge in [0, 0.05) is 23.5 Å². The maximum absolute atomic E-state index is 13.2. The molecule has 0 spiro atoms. The maximum atomic E-state index is 13.2. The number of carbonyl (C=O) groups is 2. The number of halogens is 1. The minimum absolute atomic E-state index is 0.0729. The number of nitrogens with two attached hydrogens (primary N) is 1. The lowest BCUT2D eigenvalue weighted by Gasteiger charge is -2.26. The zero-order valence-electron chi connectivity index (χ0n) is 14.6. The van der Waals surface area contributed by atoms with Crippen LogP contribution in [-0.2, 0) is 0 Å². The Balaban J connectivity index is 2.58. The molecule has 6 nitrogen and oxygen atoms in total. The predicted octanol–water partition coefficient (Wildman–Crippen LogP) is 3.35. The number of primary amides is 1. The molecule has 1 unspecified atom stereocenters. The Kier molecular flexibility index (Phi) is 6.31. The van der Waals surface area contributed by atoms with Gasteiger partial charge in [0.1, 0.15) is 11.1 Å². The van der Waals surface area contributed by atoms with Gasteiger partial charge in [0.2, 0.25) is 0 Å². The van der Waals surface area contributed by atoms with Crippen molar-refractivity contribution < 1.29 is 9.59 Å². The lowest BCUT2D eigenvalue weighted by atomic mass is 10.1. The molecule has 0 saturated heterocycles. The number of nitriles is 1. The van der Waals surface area contributed by atoms with E-state index in [4.69, 9.17) is 17.3 Å². The smallest absolute Gasteiger partial charge is 0.268 e. The number of benzene rings is 1. The quantitative estimate of drug-likeness (QED) is 0.788. The fourth-order valence-corrected chi connectivity index (χ4v) is 2.82. The number of anilines is 1. The number of para-hydroxylation sites is 1. The summed E-state index contributed by atoms with van der Waals surface area (Å²) in [4.78, 5) is 30.5. The van der Waals surface area contributed by atoms with Crippen molar-refractivity contribution in [3.63, 3.8) is 0 Å². The predicted molar refractivity (Wildman–Crippen MR) is 100 cm³/mol. The number of alkyl halides is 1. The second-order valence-corrected chi connectivity index (χ2v) is 6.16. The number of hydrogen-bond acceptors (Lipinski definition) is 4. The molecule has 2 N–H and O–H groups in total. The minimum Gasteiger partial charge on any atom is -0.364 e. The van der Waals surface area contributed by atoms with Gasteiger partial charge >= 0.3 is 0 Å². The van der Waals surface area contributed by atoms with E-state index in [-0.39, 0.29) is 11.3 Å². The first-order valence-corrected chi connectivity index (χ1v) is 8.56. The number of rotatable bonds is 6. The van der Waals surface area contributed by atoms with Crippen LogP contribution in [0.1, 0.15) is 50.8 Å². The Morgan fingerprint density at radius 2 is 2.00 bits per heavy atom. The molecule has 0 radical (unpaired) electrons. The fourth-order valence-electron chi connectivity index (χ4n) is 2.63. The Hall–Kier alpha value is -2.91. The largest absolute Gasteiger partial charge is 0.364 e. The molecule has 2 rings (SSSR count). The van der Waals surface area contributed by atoms with Crippen LogP contribution in [-0.4, -0.2) is 23.3 Å². The van der Waals surface area contributed by atoms with Gasteiger partial charge in [-0.05, 0) is 31.5 Å². The van der Waals surface area contributed by atoms with Crippen LogP contribution < -0.4 is 10.6 Å². The zero-order chi connectivity index (χ0) is 19.3. The topological polar surface area (TPSA) is 100 Å². The van der Waals surface area contributed by atoms with Crippen molar-refractivity contribution in [3.8, 4) is 6.07 Å². The Morgan fingerprint density at radius 3 is 2.62 bits per heavy atom. The van der Waals surface area contributed by atoms with Crippen LogP contribution in [0.4, 0.5) is 5.69 Å². The highest BCUT2D eigenvalue weighted by Gasteiger charge is 2.26. The van der Waals surface area contributed by atoms with Crippen molar-refractivity contribution in [2.24, 2.45) is 5.73 Å². The highest BCUT2D eigenvalue weighted by atomic mass is 35.5. The summed E-state index contributed by atoms with van der Waals surface area (Å²) in [5, 5.41) is 8.27. The minimum atomic E-state index is -0.898. The van der Waals surface area contributed by atoms with Crippen molar-refractivity contribution in [1.29, 1.82) is 5.26 Å². The number of aromatic nitrogens is 1. The van der Waals surface area contributed by atoms with Gasteiger partial charge in [0.05, 0.1) is 11.6 Å². The molecule has 0 aliphatic rings. The number of amides is 2. The van der Waals surface area contributed by atoms with Gasteiger partial charge in [-0.25, -0.2) is 4.98 Å². The lowest BCUT2D eigenvalue weighted by Crippen LogP contribution is -2.34. The van der Waals surface area contributed by atoms with E-state index in [0.717, 1.165) is 0 Å². The van der Waals surface area contributed by atoms with Gasteiger partial charge in [-0.2, -0.15) is 5.26 Å². The summed E-state index contributed by atoms with van der Waals surface area (Å²) in [7, 11) is 0. The highest BCUT2D eigenvalue weighted by Crippen LogP contribution is 2.31. The molecular formula is C19H19ClN4O2. The molecule has 1 aromatic heterocycles. The number of hydrogen-bond donors (Lipinski definition) is 1. The van der Waals surface area contributed by atoms with Crippen LogP contribution in [0.3, 0.4) is 0 Å². The van der Waals surface area contributed by atoms with E-state index in [2.05, 4.69) is 4.98 Å². The van der Waals surface area contributed by atoms with Gasteiger partial charge < -0.3 is 10.6 Å². The monoisotopic (exact) mass is 370 g/mol. The molecule has 1 heterocycles. The number of aryl methyl sites for hydroxylation is 1.